The topological polar surface area (TPSA) is 96.5 Å². The van der Waals surface area contributed by atoms with Gasteiger partial charge in [0.1, 0.15) is 17.1 Å². The van der Waals surface area contributed by atoms with Gasteiger partial charge in [0, 0.05) is 17.1 Å². The van der Waals surface area contributed by atoms with Crippen LogP contribution >= 0.6 is 0 Å². The van der Waals surface area contributed by atoms with Gasteiger partial charge in [-0.1, -0.05) is 12.1 Å². The smallest absolute Gasteiger partial charge is 0.341 e. The molecule has 23 heavy (non-hydrogen) atoms. The fourth-order valence-corrected chi connectivity index (χ4v) is 2.82. The molecule has 0 radical (unpaired) electrons. The summed E-state index contributed by atoms with van der Waals surface area (Å²) in [5, 5.41) is 23.7. The van der Waals surface area contributed by atoms with Gasteiger partial charge in [0.2, 0.25) is 0 Å². The lowest BCUT2D eigenvalue weighted by atomic mass is 9.94. The van der Waals surface area contributed by atoms with E-state index in [9.17, 15) is 9.90 Å². The van der Waals surface area contributed by atoms with Gasteiger partial charge in [-0.15, -0.1) is 0 Å². The zero-order valence-electron chi connectivity index (χ0n) is 13.0. The number of aryl methyl sites for hydroxylation is 3. The summed E-state index contributed by atoms with van der Waals surface area (Å²) in [5.41, 5.74) is 3.91. The highest BCUT2D eigenvalue weighted by atomic mass is 16.5. The van der Waals surface area contributed by atoms with E-state index in [-0.39, 0.29) is 11.3 Å². The van der Waals surface area contributed by atoms with E-state index in [1.165, 1.54) is 6.20 Å². The van der Waals surface area contributed by atoms with Crippen LogP contribution in [0.1, 0.15) is 34.3 Å². The second-order valence-corrected chi connectivity index (χ2v) is 5.40. The second-order valence-electron chi connectivity index (χ2n) is 5.40. The molecular formula is C17H16N2O4. The lowest BCUT2D eigenvalue weighted by molar-refractivity contribution is 0.0693. The standard InChI is InChI=1S/C17H16N2O4/c1-4-10-5-12-14(18-7-13(16(12)20)17(21)22)6-11(10)15-8(2)19-23-9(15)3/h5-7H,4H2,1-3H3,(H,18,20)(H,21,22). The van der Waals surface area contributed by atoms with Crippen molar-refractivity contribution in [3.05, 3.63) is 40.9 Å². The van der Waals surface area contributed by atoms with E-state index in [1.807, 2.05) is 26.8 Å². The maximum absolute atomic E-state index is 11.1. The van der Waals surface area contributed by atoms with E-state index in [0.717, 1.165) is 22.4 Å². The monoisotopic (exact) mass is 312 g/mol. The van der Waals surface area contributed by atoms with Crippen LogP contribution in [0.3, 0.4) is 0 Å². The molecule has 3 rings (SSSR count). The van der Waals surface area contributed by atoms with Crippen LogP contribution in [0.5, 0.6) is 5.75 Å². The molecule has 0 aliphatic heterocycles. The minimum absolute atomic E-state index is 0.204. The number of aromatic carboxylic acids is 1. The summed E-state index contributed by atoms with van der Waals surface area (Å²) in [6.07, 6.45) is 1.88. The molecular weight excluding hydrogens is 296 g/mol. The molecule has 0 saturated carbocycles. The molecule has 0 aliphatic rings. The highest BCUT2D eigenvalue weighted by Crippen LogP contribution is 2.36. The van der Waals surface area contributed by atoms with Crippen molar-refractivity contribution in [1.29, 1.82) is 0 Å². The van der Waals surface area contributed by atoms with Crippen molar-refractivity contribution in [3.8, 4) is 16.9 Å². The maximum atomic E-state index is 11.1. The van der Waals surface area contributed by atoms with E-state index in [1.54, 1.807) is 6.07 Å². The lowest BCUT2D eigenvalue weighted by Crippen LogP contribution is -1.99. The molecule has 0 fully saturated rings. The summed E-state index contributed by atoms with van der Waals surface area (Å²) >= 11 is 0. The van der Waals surface area contributed by atoms with Crippen LogP contribution in [0.4, 0.5) is 0 Å². The Labute approximate surface area is 132 Å². The molecule has 3 aromatic rings. The minimum Gasteiger partial charge on any atom is -0.506 e. The van der Waals surface area contributed by atoms with Gasteiger partial charge in [-0.2, -0.15) is 0 Å². The molecule has 0 spiro atoms. The van der Waals surface area contributed by atoms with Crippen LogP contribution in [-0.2, 0) is 6.42 Å². The Morgan fingerprint density at radius 2 is 2.04 bits per heavy atom. The number of nitrogens with zero attached hydrogens (tertiary/aromatic N) is 2. The third-order valence-corrected chi connectivity index (χ3v) is 3.98. The fraction of sp³-hybridized carbons (Fsp3) is 0.235. The highest BCUT2D eigenvalue weighted by molar-refractivity contribution is 6.00. The molecule has 2 heterocycles. The molecule has 1 aromatic carbocycles. The Hall–Kier alpha value is -2.89. The molecule has 0 amide bonds. The average Bonchev–Trinajstić information content (AvgIpc) is 2.85. The van der Waals surface area contributed by atoms with Gasteiger partial charge in [-0.25, -0.2) is 4.79 Å². The summed E-state index contributed by atoms with van der Waals surface area (Å²) in [7, 11) is 0. The van der Waals surface area contributed by atoms with E-state index >= 15 is 0 Å². The first kappa shape index (κ1) is 15.0. The number of benzene rings is 1. The van der Waals surface area contributed by atoms with E-state index in [2.05, 4.69) is 10.1 Å². The number of hydrogen-bond acceptors (Lipinski definition) is 5. The molecule has 0 aliphatic carbocycles. The third kappa shape index (κ3) is 2.32. The third-order valence-electron chi connectivity index (χ3n) is 3.98. The van der Waals surface area contributed by atoms with Crippen molar-refractivity contribution in [2.45, 2.75) is 27.2 Å². The molecule has 0 bridgehead atoms. The predicted octanol–water partition coefficient (Wildman–Crippen LogP) is 3.47. The van der Waals surface area contributed by atoms with Gasteiger partial charge >= 0.3 is 5.97 Å². The van der Waals surface area contributed by atoms with Gasteiger partial charge in [-0.3, -0.25) is 4.98 Å². The first-order chi connectivity index (χ1) is 10.9. The normalized spacial score (nSPS) is 11.1. The quantitative estimate of drug-likeness (QED) is 0.768. The van der Waals surface area contributed by atoms with Crippen LogP contribution in [0, 0.1) is 13.8 Å². The first-order valence-electron chi connectivity index (χ1n) is 7.25. The van der Waals surface area contributed by atoms with Gasteiger partial charge in [0.25, 0.3) is 0 Å². The maximum Gasteiger partial charge on any atom is 0.341 e. The SMILES string of the molecule is CCc1cc2c(O)c(C(=O)O)cnc2cc1-c1c(C)noc1C. The Morgan fingerprint density at radius 3 is 2.61 bits per heavy atom. The summed E-state index contributed by atoms with van der Waals surface area (Å²) < 4.78 is 5.24. The van der Waals surface area contributed by atoms with Crippen molar-refractivity contribution in [2.75, 3.05) is 0 Å². The largest absolute Gasteiger partial charge is 0.506 e. The summed E-state index contributed by atoms with van der Waals surface area (Å²) in [6.45, 7) is 5.71. The fourth-order valence-electron chi connectivity index (χ4n) is 2.82. The molecule has 118 valence electrons. The van der Waals surface area contributed by atoms with Crippen LogP contribution in [0.15, 0.2) is 22.9 Å². The van der Waals surface area contributed by atoms with Crippen molar-refractivity contribution in [1.82, 2.24) is 10.1 Å². The summed E-state index contributed by atoms with van der Waals surface area (Å²) in [5.74, 6) is -0.754. The zero-order valence-corrected chi connectivity index (χ0v) is 13.0. The Bertz CT molecular complexity index is 908. The molecule has 0 unspecified atom stereocenters. The Balaban J connectivity index is 2.34. The first-order valence-corrected chi connectivity index (χ1v) is 7.25. The summed E-state index contributed by atoms with van der Waals surface area (Å²) in [4.78, 5) is 15.3. The minimum atomic E-state index is -1.20. The highest BCUT2D eigenvalue weighted by Gasteiger charge is 2.19. The van der Waals surface area contributed by atoms with Crippen molar-refractivity contribution in [3.63, 3.8) is 0 Å². The molecule has 0 atom stereocenters. The van der Waals surface area contributed by atoms with Crippen molar-refractivity contribution in [2.24, 2.45) is 0 Å². The molecule has 6 heteroatoms. The number of fused-ring (bicyclic) bond motifs is 1. The Morgan fingerprint density at radius 1 is 1.30 bits per heavy atom. The van der Waals surface area contributed by atoms with Gasteiger partial charge in [0.05, 0.1) is 11.2 Å². The van der Waals surface area contributed by atoms with Crippen LogP contribution < -0.4 is 0 Å². The lowest BCUT2D eigenvalue weighted by Gasteiger charge is -2.11. The number of carboxylic acid groups (broad SMARTS) is 1. The molecule has 2 aromatic heterocycles. The molecule has 0 saturated heterocycles. The van der Waals surface area contributed by atoms with Crippen LogP contribution in [0.25, 0.3) is 22.0 Å². The number of pyridine rings is 1. The number of rotatable bonds is 3. The van der Waals surface area contributed by atoms with Gasteiger partial charge in [-0.05, 0) is 43.5 Å². The predicted molar refractivity (Wildman–Crippen MR) is 84.7 cm³/mol. The number of carbonyl (C=O) groups is 1. The van der Waals surface area contributed by atoms with Crippen molar-refractivity contribution < 1.29 is 19.5 Å². The average molecular weight is 312 g/mol. The Kier molecular flexibility index (Phi) is 3.52. The molecule has 2 N–H and O–H groups in total. The van der Waals surface area contributed by atoms with Crippen LogP contribution in [-0.4, -0.2) is 26.3 Å². The van der Waals surface area contributed by atoms with E-state index < -0.39 is 5.97 Å². The number of aromatic nitrogens is 2. The van der Waals surface area contributed by atoms with E-state index in [4.69, 9.17) is 9.63 Å². The second kappa shape index (κ2) is 5.39. The summed E-state index contributed by atoms with van der Waals surface area (Å²) in [6, 6.07) is 3.62. The number of carboxylic acids is 1. The molecule has 6 nitrogen and oxygen atoms in total. The van der Waals surface area contributed by atoms with Crippen molar-refractivity contribution >= 4 is 16.9 Å². The van der Waals surface area contributed by atoms with Gasteiger partial charge in [0.15, 0.2) is 0 Å². The number of hydrogen-bond donors (Lipinski definition) is 2. The number of aromatic hydroxyl groups is 1. The van der Waals surface area contributed by atoms with Gasteiger partial charge < -0.3 is 14.7 Å². The zero-order chi connectivity index (χ0) is 16.7. The van der Waals surface area contributed by atoms with Crippen LogP contribution in [0.2, 0.25) is 0 Å². The van der Waals surface area contributed by atoms with E-state index in [0.29, 0.717) is 23.1 Å².